The summed E-state index contributed by atoms with van der Waals surface area (Å²) in [4.78, 5) is 19.2. The van der Waals surface area contributed by atoms with Gasteiger partial charge in [-0.25, -0.2) is 9.78 Å². The van der Waals surface area contributed by atoms with E-state index in [1.165, 1.54) is 12.1 Å². The highest BCUT2D eigenvalue weighted by atomic mass is 35.5. The van der Waals surface area contributed by atoms with Gasteiger partial charge in [-0.1, -0.05) is 18.5 Å². The summed E-state index contributed by atoms with van der Waals surface area (Å²) < 4.78 is 10.8. The number of nitrogens with two attached hydrogens (primary N) is 1. The quantitative estimate of drug-likeness (QED) is 0.589. The first-order chi connectivity index (χ1) is 10.5. The lowest BCUT2D eigenvalue weighted by Crippen LogP contribution is -2.00. The van der Waals surface area contributed by atoms with Crippen molar-refractivity contribution in [3.05, 3.63) is 51.5 Å². The molecule has 112 valence electrons. The van der Waals surface area contributed by atoms with Crippen molar-refractivity contribution in [2.24, 2.45) is 0 Å². The first-order valence-corrected chi connectivity index (χ1v) is 6.97. The molecule has 0 unspecified atom stereocenters. The zero-order valence-electron chi connectivity index (χ0n) is 11.7. The van der Waals surface area contributed by atoms with Crippen LogP contribution in [0.3, 0.4) is 0 Å². The van der Waals surface area contributed by atoms with Crippen molar-refractivity contribution in [1.82, 2.24) is 9.97 Å². The van der Waals surface area contributed by atoms with Gasteiger partial charge in [0.2, 0.25) is 11.8 Å². The van der Waals surface area contributed by atoms with Gasteiger partial charge >= 0.3 is 5.63 Å². The van der Waals surface area contributed by atoms with Crippen LogP contribution in [-0.2, 0) is 6.42 Å². The second kappa shape index (κ2) is 5.65. The molecule has 0 fully saturated rings. The second-order valence-electron chi connectivity index (χ2n) is 4.59. The molecule has 1 aromatic carbocycles. The summed E-state index contributed by atoms with van der Waals surface area (Å²) in [6.45, 7) is 1.98. The molecule has 2 heterocycles. The second-order valence-corrected chi connectivity index (χ2v) is 4.98. The maximum absolute atomic E-state index is 11.6. The van der Waals surface area contributed by atoms with E-state index >= 15 is 0 Å². The molecule has 6 nitrogen and oxygen atoms in total. The number of hydrogen-bond donors (Lipinski definition) is 1. The van der Waals surface area contributed by atoms with Crippen LogP contribution in [-0.4, -0.2) is 9.97 Å². The standard InChI is InChI=1S/C15H12ClN3O3/c1-2-8-5-14(20)22-11-6-9(3-4-10(8)11)21-13-7-12(16)18-15(17)19-13/h3-7H,2H2,1H3,(H2,17,18,19). The molecule has 3 rings (SSSR count). The average Bonchev–Trinajstić information content (AvgIpc) is 2.44. The molecular weight excluding hydrogens is 306 g/mol. The number of nitrogen functional groups attached to an aromatic ring is 1. The van der Waals surface area contributed by atoms with Crippen molar-refractivity contribution < 1.29 is 9.15 Å². The fourth-order valence-electron chi connectivity index (χ4n) is 2.15. The average molecular weight is 318 g/mol. The summed E-state index contributed by atoms with van der Waals surface area (Å²) in [5.41, 5.74) is 6.50. The molecule has 0 atom stereocenters. The van der Waals surface area contributed by atoms with Crippen LogP contribution in [0.1, 0.15) is 12.5 Å². The lowest BCUT2D eigenvalue weighted by Gasteiger charge is -2.07. The minimum absolute atomic E-state index is 0.0168. The first kappa shape index (κ1) is 14.3. The molecule has 0 saturated heterocycles. The zero-order chi connectivity index (χ0) is 15.7. The molecule has 0 aliphatic heterocycles. The van der Waals surface area contributed by atoms with Crippen LogP contribution >= 0.6 is 11.6 Å². The molecule has 7 heteroatoms. The number of aryl methyl sites for hydroxylation is 1. The number of halogens is 1. The Morgan fingerprint density at radius 2 is 2.09 bits per heavy atom. The van der Waals surface area contributed by atoms with Crippen molar-refractivity contribution in [3.8, 4) is 11.6 Å². The van der Waals surface area contributed by atoms with Crippen molar-refractivity contribution in [3.63, 3.8) is 0 Å². The number of fused-ring (bicyclic) bond motifs is 1. The van der Waals surface area contributed by atoms with Gasteiger partial charge in [-0.15, -0.1) is 0 Å². The zero-order valence-corrected chi connectivity index (χ0v) is 12.4. The van der Waals surface area contributed by atoms with Gasteiger partial charge in [-0.2, -0.15) is 4.98 Å². The summed E-state index contributed by atoms with van der Waals surface area (Å²) in [6.07, 6.45) is 0.736. The smallest absolute Gasteiger partial charge is 0.336 e. The van der Waals surface area contributed by atoms with Gasteiger partial charge in [0.05, 0.1) is 0 Å². The number of hydrogen-bond acceptors (Lipinski definition) is 6. The molecule has 0 aliphatic carbocycles. The lowest BCUT2D eigenvalue weighted by atomic mass is 10.1. The van der Waals surface area contributed by atoms with Crippen molar-refractivity contribution in [2.75, 3.05) is 5.73 Å². The van der Waals surface area contributed by atoms with Crippen LogP contribution in [0.4, 0.5) is 5.95 Å². The number of aromatic nitrogens is 2. The minimum atomic E-state index is -0.393. The van der Waals surface area contributed by atoms with Crippen LogP contribution in [0.2, 0.25) is 5.15 Å². The predicted molar refractivity (Wildman–Crippen MR) is 83.4 cm³/mol. The highest BCUT2D eigenvalue weighted by Gasteiger charge is 2.08. The van der Waals surface area contributed by atoms with E-state index in [1.807, 2.05) is 13.0 Å². The number of anilines is 1. The SMILES string of the molecule is CCc1cc(=O)oc2cc(Oc3cc(Cl)nc(N)n3)ccc12. The Morgan fingerprint density at radius 3 is 2.82 bits per heavy atom. The van der Waals surface area contributed by atoms with Gasteiger partial charge < -0.3 is 14.9 Å². The van der Waals surface area contributed by atoms with E-state index in [2.05, 4.69) is 9.97 Å². The van der Waals surface area contributed by atoms with Gasteiger partial charge in [-0.3, -0.25) is 0 Å². The van der Waals surface area contributed by atoms with E-state index in [-0.39, 0.29) is 17.0 Å². The Labute approximate surface area is 130 Å². The molecule has 0 bridgehead atoms. The molecular formula is C15H12ClN3O3. The minimum Gasteiger partial charge on any atom is -0.439 e. The third kappa shape index (κ3) is 2.87. The van der Waals surface area contributed by atoms with Gasteiger partial charge in [0, 0.05) is 23.6 Å². The number of nitrogens with zero attached hydrogens (tertiary/aromatic N) is 2. The summed E-state index contributed by atoms with van der Waals surface area (Å²) >= 11 is 5.80. The van der Waals surface area contributed by atoms with Crippen molar-refractivity contribution >= 4 is 28.5 Å². The molecule has 0 spiro atoms. The molecule has 0 saturated carbocycles. The first-order valence-electron chi connectivity index (χ1n) is 6.60. The summed E-state index contributed by atoms with van der Waals surface area (Å²) in [7, 11) is 0. The van der Waals surface area contributed by atoms with E-state index in [4.69, 9.17) is 26.5 Å². The molecule has 2 aromatic heterocycles. The van der Waals surface area contributed by atoms with Crippen molar-refractivity contribution in [1.29, 1.82) is 0 Å². The Morgan fingerprint density at radius 1 is 1.27 bits per heavy atom. The Hall–Kier alpha value is -2.60. The van der Waals surface area contributed by atoms with Crippen LogP contribution in [0.5, 0.6) is 11.6 Å². The summed E-state index contributed by atoms with van der Waals surface area (Å²) in [6, 6.07) is 8.16. The van der Waals surface area contributed by atoms with E-state index in [9.17, 15) is 4.79 Å². The molecule has 0 amide bonds. The lowest BCUT2D eigenvalue weighted by molar-refractivity contribution is 0.461. The Bertz CT molecular complexity index is 888. The monoisotopic (exact) mass is 317 g/mol. The van der Waals surface area contributed by atoms with E-state index in [1.54, 1.807) is 12.1 Å². The Balaban J connectivity index is 2.03. The van der Waals surface area contributed by atoms with Crippen LogP contribution in [0.15, 0.2) is 39.5 Å². The molecule has 0 radical (unpaired) electrons. The van der Waals surface area contributed by atoms with Crippen LogP contribution in [0.25, 0.3) is 11.0 Å². The van der Waals surface area contributed by atoms with Gasteiger partial charge in [0.1, 0.15) is 16.5 Å². The topological polar surface area (TPSA) is 91.2 Å². The largest absolute Gasteiger partial charge is 0.439 e. The van der Waals surface area contributed by atoms with Gasteiger partial charge in [0.25, 0.3) is 0 Å². The number of rotatable bonds is 3. The fourth-order valence-corrected chi connectivity index (χ4v) is 2.33. The molecule has 2 N–H and O–H groups in total. The molecule has 0 aliphatic rings. The fraction of sp³-hybridized carbons (Fsp3) is 0.133. The molecule has 3 aromatic rings. The maximum Gasteiger partial charge on any atom is 0.336 e. The van der Waals surface area contributed by atoms with E-state index in [0.29, 0.717) is 11.3 Å². The van der Waals surface area contributed by atoms with Crippen LogP contribution in [0, 0.1) is 0 Å². The Kier molecular flexibility index (Phi) is 3.68. The predicted octanol–water partition coefficient (Wildman–Crippen LogP) is 3.17. The molecule has 22 heavy (non-hydrogen) atoms. The number of benzene rings is 1. The number of ether oxygens (including phenoxy) is 1. The van der Waals surface area contributed by atoms with E-state index < -0.39 is 5.63 Å². The van der Waals surface area contributed by atoms with Crippen LogP contribution < -0.4 is 16.1 Å². The summed E-state index contributed by atoms with van der Waals surface area (Å²) in [5, 5.41) is 1.05. The highest BCUT2D eigenvalue weighted by Crippen LogP contribution is 2.27. The third-order valence-corrected chi connectivity index (χ3v) is 3.29. The van der Waals surface area contributed by atoms with Gasteiger partial charge in [0.15, 0.2) is 0 Å². The van der Waals surface area contributed by atoms with E-state index in [0.717, 1.165) is 17.4 Å². The maximum atomic E-state index is 11.6. The normalized spacial score (nSPS) is 10.8. The summed E-state index contributed by atoms with van der Waals surface area (Å²) in [5.74, 6) is 0.687. The van der Waals surface area contributed by atoms with Crippen molar-refractivity contribution in [2.45, 2.75) is 13.3 Å². The van der Waals surface area contributed by atoms with Gasteiger partial charge in [-0.05, 0) is 24.1 Å². The highest BCUT2D eigenvalue weighted by molar-refractivity contribution is 6.29. The third-order valence-electron chi connectivity index (χ3n) is 3.09.